The van der Waals surface area contributed by atoms with Gasteiger partial charge in [-0.15, -0.1) is 0 Å². The Morgan fingerprint density at radius 1 is 1.50 bits per heavy atom. The Bertz CT molecular complexity index is 557. The highest BCUT2D eigenvalue weighted by atomic mass is 16.3. The predicted molar refractivity (Wildman–Crippen MR) is 53.1 cm³/mol. The lowest BCUT2D eigenvalue weighted by Crippen LogP contribution is -2.14. The number of rotatable bonds is 1. The zero-order valence-corrected chi connectivity index (χ0v) is 7.34. The molecule has 70 valence electrons. The molecule has 0 aromatic carbocycles. The van der Waals surface area contributed by atoms with Gasteiger partial charge in [0.2, 0.25) is 0 Å². The molecular weight excluding hydrogens is 180 g/mol. The van der Waals surface area contributed by atoms with E-state index < -0.39 is 0 Å². The van der Waals surface area contributed by atoms with Gasteiger partial charge in [-0.25, -0.2) is 4.98 Å². The van der Waals surface area contributed by atoms with Crippen molar-refractivity contribution < 1.29 is 5.11 Å². The maximum Gasteiger partial charge on any atom is 0.258 e. The summed E-state index contributed by atoms with van der Waals surface area (Å²) in [4.78, 5) is 15.5. The molecule has 4 heteroatoms. The molecule has 0 atom stereocenters. The highest BCUT2D eigenvalue weighted by Crippen LogP contribution is 2.04. The number of nitrogens with zero attached hydrogens (tertiary/aromatic N) is 2. The van der Waals surface area contributed by atoms with E-state index in [1.807, 2.05) is 0 Å². The first-order valence-electron chi connectivity index (χ1n) is 4.05. The first-order chi connectivity index (χ1) is 6.68. The molecule has 0 spiro atoms. The van der Waals surface area contributed by atoms with Gasteiger partial charge in [-0.1, -0.05) is 12.6 Å². The van der Waals surface area contributed by atoms with Crippen molar-refractivity contribution in [1.29, 1.82) is 0 Å². The average molecular weight is 188 g/mol. The average Bonchev–Trinajstić information content (AvgIpc) is 2.17. The summed E-state index contributed by atoms with van der Waals surface area (Å²) in [7, 11) is 0. The largest absolute Gasteiger partial charge is 0.506 e. The maximum absolute atomic E-state index is 11.5. The first kappa shape index (κ1) is 8.50. The van der Waals surface area contributed by atoms with E-state index in [2.05, 4.69) is 11.6 Å². The molecule has 2 aromatic heterocycles. The minimum atomic E-state index is -0.235. The van der Waals surface area contributed by atoms with E-state index in [-0.39, 0.29) is 17.0 Å². The van der Waals surface area contributed by atoms with Crippen LogP contribution in [0.1, 0.15) is 5.69 Å². The molecule has 0 bridgehead atoms. The second kappa shape index (κ2) is 2.99. The molecule has 2 heterocycles. The van der Waals surface area contributed by atoms with Gasteiger partial charge in [-0.2, -0.15) is 0 Å². The van der Waals surface area contributed by atoms with Crippen LogP contribution in [-0.4, -0.2) is 14.5 Å². The summed E-state index contributed by atoms with van der Waals surface area (Å²) in [5.41, 5.74) is 0.465. The van der Waals surface area contributed by atoms with Gasteiger partial charge in [0, 0.05) is 12.3 Å². The van der Waals surface area contributed by atoms with Crippen molar-refractivity contribution in [3.8, 4) is 0 Å². The van der Waals surface area contributed by atoms with Gasteiger partial charge in [0.25, 0.3) is 5.56 Å². The lowest BCUT2D eigenvalue weighted by Gasteiger charge is -2.01. The second-order valence-corrected chi connectivity index (χ2v) is 2.86. The normalized spacial score (nSPS) is 10.3. The van der Waals surface area contributed by atoms with E-state index in [1.165, 1.54) is 10.5 Å². The summed E-state index contributed by atoms with van der Waals surface area (Å²) in [6, 6.07) is 6.44. The Labute approximate surface area is 79.8 Å². The number of aliphatic hydroxyl groups excluding tert-OH is 1. The summed E-state index contributed by atoms with van der Waals surface area (Å²) >= 11 is 0. The SMILES string of the molecule is C=C(O)c1cc(=O)n2ccccc2n1. The molecule has 0 fully saturated rings. The van der Waals surface area contributed by atoms with Gasteiger partial charge in [0.15, 0.2) is 0 Å². The molecule has 0 saturated heterocycles. The summed E-state index contributed by atoms with van der Waals surface area (Å²) in [6.07, 6.45) is 1.62. The van der Waals surface area contributed by atoms with Crippen molar-refractivity contribution in [2.24, 2.45) is 0 Å². The number of hydrogen-bond donors (Lipinski definition) is 1. The Morgan fingerprint density at radius 3 is 3.00 bits per heavy atom. The van der Waals surface area contributed by atoms with Crippen LogP contribution in [0, 0.1) is 0 Å². The van der Waals surface area contributed by atoms with Gasteiger partial charge in [-0.05, 0) is 12.1 Å². The van der Waals surface area contributed by atoms with Crippen molar-refractivity contribution >= 4 is 11.4 Å². The molecule has 14 heavy (non-hydrogen) atoms. The van der Waals surface area contributed by atoms with Crippen molar-refractivity contribution in [3.05, 3.63) is 53.1 Å². The lowest BCUT2D eigenvalue weighted by atomic mass is 10.3. The van der Waals surface area contributed by atoms with Crippen LogP contribution in [0.2, 0.25) is 0 Å². The van der Waals surface area contributed by atoms with Crippen LogP contribution < -0.4 is 5.56 Å². The minimum absolute atomic E-state index is 0.201. The van der Waals surface area contributed by atoms with Crippen molar-refractivity contribution in [3.63, 3.8) is 0 Å². The summed E-state index contributed by atoms with van der Waals surface area (Å²) in [5, 5.41) is 9.10. The third kappa shape index (κ3) is 1.26. The van der Waals surface area contributed by atoms with Crippen LogP contribution >= 0.6 is 0 Å². The van der Waals surface area contributed by atoms with Crippen LogP contribution in [0.5, 0.6) is 0 Å². The zero-order chi connectivity index (χ0) is 10.1. The van der Waals surface area contributed by atoms with Crippen LogP contribution in [0.25, 0.3) is 11.4 Å². The van der Waals surface area contributed by atoms with Crippen LogP contribution in [0.4, 0.5) is 0 Å². The quantitative estimate of drug-likeness (QED) is 0.684. The van der Waals surface area contributed by atoms with Gasteiger partial charge >= 0.3 is 0 Å². The predicted octanol–water partition coefficient (Wildman–Crippen LogP) is 1.22. The Morgan fingerprint density at radius 2 is 2.29 bits per heavy atom. The van der Waals surface area contributed by atoms with E-state index in [0.717, 1.165) is 0 Å². The highest BCUT2D eigenvalue weighted by Gasteiger charge is 2.02. The van der Waals surface area contributed by atoms with Crippen LogP contribution in [-0.2, 0) is 0 Å². The molecule has 2 rings (SSSR count). The third-order valence-electron chi connectivity index (χ3n) is 1.87. The Kier molecular flexibility index (Phi) is 1.81. The molecule has 4 nitrogen and oxygen atoms in total. The number of aliphatic hydroxyl groups is 1. The molecule has 0 amide bonds. The fraction of sp³-hybridized carbons (Fsp3) is 0. The van der Waals surface area contributed by atoms with Gasteiger partial charge in [0.1, 0.15) is 17.1 Å². The van der Waals surface area contributed by atoms with Gasteiger partial charge < -0.3 is 5.11 Å². The molecule has 0 aliphatic heterocycles. The summed E-state index contributed by atoms with van der Waals surface area (Å²) in [5.74, 6) is -0.201. The van der Waals surface area contributed by atoms with Gasteiger partial charge in [0.05, 0.1) is 0 Å². The number of fused-ring (bicyclic) bond motifs is 1. The van der Waals surface area contributed by atoms with E-state index in [4.69, 9.17) is 5.11 Å². The number of hydrogen-bond acceptors (Lipinski definition) is 3. The maximum atomic E-state index is 11.5. The smallest absolute Gasteiger partial charge is 0.258 e. The minimum Gasteiger partial charge on any atom is -0.506 e. The van der Waals surface area contributed by atoms with E-state index in [1.54, 1.807) is 24.4 Å². The molecule has 0 aliphatic rings. The summed E-state index contributed by atoms with van der Waals surface area (Å²) < 4.78 is 1.40. The Balaban J connectivity index is 2.86. The van der Waals surface area contributed by atoms with E-state index in [9.17, 15) is 4.79 Å². The fourth-order valence-corrected chi connectivity index (χ4v) is 1.20. The van der Waals surface area contributed by atoms with Gasteiger partial charge in [-0.3, -0.25) is 9.20 Å². The monoisotopic (exact) mass is 188 g/mol. The van der Waals surface area contributed by atoms with Crippen LogP contribution in [0.3, 0.4) is 0 Å². The number of pyridine rings is 1. The Hall–Kier alpha value is -2.10. The van der Waals surface area contributed by atoms with Crippen molar-refractivity contribution in [1.82, 2.24) is 9.38 Å². The second-order valence-electron chi connectivity index (χ2n) is 2.86. The molecule has 1 N–H and O–H groups in total. The number of aromatic nitrogens is 2. The zero-order valence-electron chi connectivity index (χ0n) is 7.34. The lowest BCUT2D eigenvalue weighted by molar-refractivity contribution is 0.510. The summed E-state index contributed by atoms with van der Waals surface area (Å²) in [6.45, 7) is 3.32. The molecule has 0 saturated carbocycles. The third-order valence-corrected chi connectivity index (χ3v) is 1.87. The highest BCUT2D eigenvalue weighted by molar-refractivity contribution is 5.54. The van der Waals surface area contributed by atoms with Crippen molar-refractivity contribution in [2.45, 2.75) is 0 Å². The molecular formula is C10H8N2O2. The molecule has 0 aliphatic carbocycles. The topological polar surface area (TPSA) is 54.6 Å². The molecule has 2 aromatic rings. The standard InChI is InChI=1S/C10H8N2O2/c1-7(13)8-6-10(14)12-5-3-2-4-9(12)11-8/h2-6,13H,1H2. The van der Waals surface area contributed by atoms with E-state index in [0.29, 0.717) is 5.65 Å². The molecule has 0 unspecified atom stereocenters. The molecule has 0 radical (unpaired) electrons. The van der Waals surface area contributed by atoms with Crippen molar-refractivity contribution in [2.75, 3.05) is 0 Å². The van der Waals surface area contributed by atoms with E-state index >= 15 is 0 Å². The first-order valence-corrected chi connectivity index (χ1v) is 4.05. The van der Waals surface area contributed by atoms with Crippen LogP contribution in [0.15, 0.2) is 41.8 Å². The fourth-order valence-electron chi connectivity index (χ4n) is 1.20.